The third-order valence-corrected chi connectivity index (χ3v) is 4.39. The zero-order chi connectivity index (χ0) is 20.1. The molecule has 0 aliphatic rings. The van der Waals surface area contributed by atoms with Crippen molar-refractivity contribution in [2.45, 2.75) is 6.61 Å². The fourth-order valence-corrected chi connectivity index (χ4v) is 3.11. The van der Waals surface area contributed by atoms with Gasteiger partial charge in [-0.25, -0.2) is 4.79 Å². The van der Waals surface area contributed by atoms with Crippen LogP contribution in [0, 0.1) is 11.3 Å². The van der Waals surface area contributed by atoms with E-state index >= 15 is 0 Å². The summed E-state index contributed by atoms with van der Waals surface area (Å²) in [4.78, 5) is 12.1. The topological polar surface area (TPSA) is 73.0 Å². The van der Waals surface area contributed by atoms with Crippen molar-refractivity contribution in [3.05, 3.63) is 70.5 Å². The highest BCUT2D eigenvalue weighted by atomic mass is 35.5. The normalized spacial score (nSPS) is 10.8. The first kappa shape index (κ1) is 19.3. The first-order chi connectivity index (χ1) is 13.6. The zero-order valence-corrected chi connectivity index (χ0v) is 16.1. The van der Waals surface area contributed by atoms with Crippen molar-refractivity contribution in [1.29, 1.82) is 5.26 Å². The van der Waals surface area contributed by atoms with Gasteiger partial charge in [0, 0.05) is 24.0 Å². The average Bonchev–Trinajstić information content (AvgIpc) is 3.07. The predicted octanol–water partition coefficient (Wildman–Crippen LogP) is 4.24. The van der Waals surface area contributed by atoms with E-state index in [1.54, 1.807) is 24.4 Å². The SMILES string of the molecule is COc1cc(/C=C\C(=O)OCc2cn3ccccc3c2C#N)cc(Cl)c1OC. The molecule has 28 heavy (non-hydrogen) atoms. The van der Waals surface area contributed by atoms with E-state index in [-0.39, 0.29) is 6.61 Å². The molecule has 0 spiro atoms. The van der Waals surface area contributed by atoms with Crippen molar-refractivity contribution in [1.82, 2.24) is 4.40 Å². The number of benzene rings is 1. The molecule has 7 heteroatoms. The molecule has 0 amide bonds. The number of carbonyl (C=O) groups excluding carboxylic acids is 1. The van der Waals surface area contributed by atoms with E-state index in [4.69, 9.17) is 25.8 Å². The van der Waals surface area contributed by atoms with Gasteiger partial charge in [0.2, 0.25) is 0 Å². The van der Waals surface area contributed by atoms with Gasteiger partial charge in [0.05, 0.1) is 30.3 Å². The number of esters is 1. The monoisotopic (exact) mass is 396 g/mol. The first-order valence-electron chi connectivity index (χ1n) is 8.32. The molecule has 0 unspecified atom stereocenters. The number of pyridine rings is 1. The Kier molecular flexibility index (Phi) is 5.87. The van der Waals surface area contributed by atoms with E-state index in [2.05, 4.69) is 6.07 Å². The molecule has 3 rings (SSSR count). The number of hydrogen-bond donors (Lipinski definition) is 0. The van der Waals surface area contributed by atoms with Gasteiger partial charge in [-0.3, -0.25) is 0 Å². The number of nitriles is 1. The van der Waals surface area contributed by atoms with Crippen LogP contribution in [-0.2, 0) is 16.1 Å². The number of fused-ring (bicyclic) bond motifs is 1. The fraction of sp³-hybridized carbons (Fsp3) is 0.143. The highest BCUT2D eigenvalue weighted by molar-refractivity contribution is 6.32. The van der Waals surface area contributed by atoms with Gasteiger partial charge in [0.15, 0.2) is 11.5 Å². The fourth-order valence-electron chi connectivity index (χ4n) is 2.81. The molecule has 3 aromatic rings. The molecule has 0 aliphatic carbocycles. The van der Waals surface area contributed by atoms with Crippen LogP contribution in [0.2, 0.25) is 5.02 Å². The van der Waals surface area contributed by atoms with Crippen LogP contribution in [-0.4, -0.2) is 24.6 Å². The number of ether oxygens (including phenoxy) is 3. The second-order valence-electron chi connectivity index (χ2n) is 5.81. The summed E-state index contributed by atoms with van der Waals surface area (Å²) in [5.41, 5.74) is 2.56. The number of carbonyl (C=O) groups is 1. The van der Waals surface area contributed by atoms with Crippen LogP contribution >= 0.6 is 11.6 Å². The molecule has 0 radical (unpaired) electrons. The van der Waals surface area contributed by atoms with E-state index < -0.39 is 5.97 Å². The van der Waals surface area contributed by atoms with E-state index in [1.807, 2.05) is 28.8 Å². The Bertz CT molecular complexity index is 1100. The first-order valence-corrected chi connectivity index (χ1v) is 8.70. The number of nitrogens with zero attached hydrogens (tertiary/aromatic N) is 2. The molecule has 0 fully saturated rings. The maximum atomic E-state index is 12.1. The molecular formula is C21H17ClN2O4. The second-order valence-corrected chi connectivity index (χ2v) is 6.22. The molecule has 1 aromatic carbocycles. The van der Waals surface area contributed by atoms with E-state index in [0.29, 0.717) is 33.2 Å². The molecule has 142 valence electrons. The average molecular weight is 397 g/mol. The van der Waals surface area contributed by atoms with Gasteiger partial charge >= 0.3 is 5.97 Å². The predicted molar refractivity (Wildman–Crippen MR) is 105 cm³/mol. The van der Waals surface area contributed by atoms with Crippen LogP contribution in [0.15, 0.2) is 48.8 Å². The summed E-state index contributed by atoms with van der Waals surface area (Å²) in [5.74, 6) is 0.348. The lowest BCUT2D eigenvalue weighted by atomic mass is 10.2. The third kappa shape index (κ3) is 3.95. The molecule has 0 aliphatic heterocycles. The molecule has 0 saturated carbocycles. The maximum Gasteiger partial charge on any atom is 0.331 e. The molecule has 6 nitrogen and oxygen atoms in total. The number of hydrogen-bond acceptors (Lipinski definition) is 5. The molecule has 2 heterocycles. The van der Waals surface area contributed by atoms with Crippen LogP contribution < -0.4 is 9.47 Å². The Morgan fingerprint density at radius 1 is 1.29 bits per heavy atom. The molecule has 0 bridgehead atoms. The van der Waals surface area contributed by atoms with Crippen molar-refractivity contribution in [3.63, 3.8) is 0 Å². The summed E-state index contributed by atoms with van der Waals surface area (Å²) in [6.45, 7) is 0.000433. The van der Waals surface area contributed by atoms with Gasteiger partial charge in [-0.05, 0) is 35.9 Å². The molecule has 0 N–H and O–H groups in total. The quantitative estimate of drug-likeness (QED) is 0.460. The molecule has 0 saturated heterocycles. The number of rotatable bonds is 6. The van der Waals surface area contributed by atoms with Gasteiger partial charge in [0.1, 0.15) is 12.7 Å². The Labute approximate surface area is 167 Å². The maximum absolute atomic E-state index is 12.1. The Balaban J connectivity index is 1.72. The van der Waals surface area contributed by atoms with Crippen LogP contribution in [0.4, 0.5) is 0 Å². The summed E-state index contributed by atoms with van der Waals surface area (Å²) < 4.78 is 17.5. The lowest BCUT2D eigenvalue weighted by molar-refractivity contribution is -0.138. The van der Waals surface area contributed by atoms with Crippen molar-refractivity contribution in [3.8, 4) is 17.6 Å². The summed E-state index contributed by atoms with van der Waals surface area (Å²) >= 11 is 6.15. The van der Waals surface area contributed by atoms with E-state index in [1.165, 1.54) is 20.3 Å². The lowest BCUT2D eigenvalue weighted by Crippen LogP contribution is -2.01. The van der Waals surface area contributed by atoms with Crippen molar-refractivity contribution in [2.75, 3.05) is 14.2 Å². The number of methoxy groups -OCH3 is 2. The van der Waals surface area contributed by atoms with Crippen molar-refractivity contribution in [2.24, 2.45) is 0 Å². The minimum atomic E-state index is -0.537. The van der Waals surface area contributed by atoms with Gasteiger partial charge in [-0.1, -0.05) is 17.7 Å². The number of aromatic nitrogens is 1. The largest absolute Gasteiger partial charge is 0.493 e. The summed E-state index contributed by atoms with van der Waals surface area (Å²) in [7, 11) is 3.00. The van der Waals surface area contributed by atoms with E-state index in [0.717, 1.165) is 5.52 Å². The van der Waals surface area contributed by atoms with Crippen LogP contribution in [0.25, 0.3) is 11.6 Å². The van der Waals surface area contributed by atoms with Crippen LogP contribution in [0.3, 0.4) is 0 Å². The standard InChI is InChI=1S/C21H17ClN2O4/c1-26-19-10-14(9-17(22)21(19)27-2)6-7-20(25)28-13-15-12-24-8-4-3-5-18(24)16(15)11-23/h3-10,12H,13H2,1-2H3/b7-6-. The second kappa shape index (κ2) is 8.51. The third-order valence-electron chi connectivity index (χ3n) is 4.11. The Morgan fingerprint density at radius 3 is 2.82 bits per heavy atom. The summed E-state index contributed by atoms with van der Waals surface area (Å²) in [6.07, 6.45) is 6.47. The Hall–Kier alpha value is -3.43. The Morgan fingerprint density at radius 2 is 2.11 bits per heavy atom. The minimum absolute atomic E-state index is 0.000433. The lowest BCUT2D eigenvalue weighted by Gasteiger charge is -2.10. The van der Waals surface area contributed by atoms with Gasteiger partial charge in [-0.2, -0.15) is 5.26 Å². The van der Waals surface area contributed by atoms with Crippen molar-refractivity contribution < 1.29 is 19.0 Å². The van der Waals surface area contributed by atoms with Crippen molar-refractivity contribution >= 4 is 29.2 Å². The van der Waals surface area contributed by atoms with Crippen LogP contribution in [0.5, 0.6) is 11.5 Å². The van der Waals surface area contributed by atoms with Gasteiger partial charge in [0.25, 0.3) is 0 Å². The van der Waals surface area contributed by atoms with Gasteiger partial charge < -0.3 is 18.6 Å². The molecular weight excluding hydrogens is 380 g/mol. The smallest absolute Gasteiger partial charge is 0.331 e. The van der Waals surface area contributed by atoms with E-state index in [9.17, 15) is 10.1 Å². The number of halogens is 1. The summed E-state index contributed by atoms with van der Waals surface area (Å²) in [5, 5.41) is 9.76. The summed E-state index contributed by atoms with van der Waals surface area (Å²) in [6, 6.07) is 11.1. The highest BCUT2D eigenvalue weighted by Crippen LogP contribution is 2.36. The highest BCUT2D eigenvalue weighted by Gasteiger charge is 2.12. The molecule has 0 atom stereocenters. The molecule has 2 aromatic heterocycles. The van der Waals surface area contributed by atoms with Gasteiger partial charge in [-0.15, -0.1) is 0 Å². The minimum Gasteiger partial charge on any atom is -0.493 e. The van der Waals surface area contributed by atoms with Crippen LogP contribution in [0.1, 0.15) is 16.7 Å². The zero-order valence-electron chi connectivity index (χ0n) is 15.3.